The summed E-state index contributed by atoms with van der Waals surface area (Å²) in [6, 6.07) is 8.71. The Hall–Kier alpha value is -1.79. The molecular weight excluding hydrogens is 332 g/mol. The van der Waals surface area contributed by atoms with Crippen LogP contribution < -0.4 is 10.6 Å². The number of carbonyl (C=O) groups is 2. The van der Waals surface area contributed by atoms with Gasteiger partial charge < -0.3 is 20.1 Å². The molecule has 0 saturated heterocycles. The molecule has 24 heavy (non-hydrogen) atoms. The fourth-order valence-corrected chi connectivity index (χ4v) is 1.89. The largest absolute Gasteiger partial charge is 0.444 e. The van der Waals surface area contributed by atoms with E-state index in [0.29, 0.717) is 13.2 Å². The van der Waals surface area contributed by atoms with Gasteiger partial charge in [-0.2, -0.15) is 0 Å². The molecule has 1 unspecified atom stereocenters. The molecule has 0 aliphatic rings. The first-order valence-electron chi connectivity index (χ1n) is 7.76. The van der Waals surface area contributed by atoms with Crippen LogP contribution in [0, 0.1) is 0 Å². The van der Waals surface area contributed by atoms with Crippen molar-refractivity contribution in [3.8, 4) is 0 Å². The molecule has 0 aromatic heterocycles. The SMILES string of the molecule is CC(C)(C)OC(=O)NC(COCc1ccccc1)C(=O)NCCCl. The normalized spacial score (nSPS) is 12.3. The van der Waals surface area contributed by atoms with Crippen LogP contribution in [-0.4, -0.2) is 42.7 Å². The van der Waals surface area contributed by atoms with E-state index in [1.54, 1.807) is 20.8 Å². The third-order valence-electron chi connectivity index (χ3n) is 2.80. The predicted octanol–water partition coefficient (Wildman–Crippen LogP) is 2.45. The lowest BCUT2D eigenvalue weighted by Crippen LogP contribution is -2.50. The Bertz CT molecular complexity index is 517. The third-order valence-corrected chi connectivity index (χ3v) is 2.99. The van der Waals surface area contributed by atoms with Gasteiger partial charge in [0.15, 0.2) is 0 Å². The van der Waals surface area contributed by atoms with E-state index >= 15 is 0 Å². The fraction of sp³-hybridized carbons (Fsp3) is 0.529. The van der Waals surface area contributed by atoms with Gasteiger partial charge >= 0.3 is 6.09 Å². The second-order valence-corrected chi connectivity index (χ2v) is 6.56. The molecule has 2 N–H and O–H groups in total. The van der Waals surface area contributed by atoms with Gasteiger partial charge in [0.1, 0.15) is 11.6 Å². The van der Waals surface area contributed by atoms with Gasteiger partial charge in [-0.1, -0.05) is 30.3 Å². The summed E-state index contributed by atoms with van der Waals surface area (Å²) in [6.07, 6.45) is -0.670. The summed E-state index contributed by atoms with van der Waals surface area (Å²) in [6.45, 7) is 5.94. The highest BCUT2D eigenvalue weighted by Gasteiger charge is 2.24. The lowest BCUT2D eigenvalue weighted by molar-refractivity contribution is -0.124. The molecule has 6 nitrogen and oxygen atoms in total. The molecule has 0 radical (unpaired) electrons. The molecule has 0 heterocycles. The van der Waals surface area contributed by atoms with Crippen LogP contribution in [0.3, 0.4) is 0 Å². The third kappa shape index (κ3) is 8.74. The minimum atomic E-state index is -0.855. The maximum atomic E-state index is 12.1. The Balaban J connectivity index is 2.56. The first-order valence-corrected chi connectivity index (χ1v) is 8.30. The first kappa shape index (κ1) is 20.3. The van der Waals surface area contributed by atoms with E-state index in [-0.39, 0.29) is 18.4 Å². The van der Waals surface area contributed by atoms with Crippen molar-refractivity contribution in [1.29, 1.82) is 0 Å². The van der Waals surface area contributed by atoms with Crippen LogP contribution in [0.5, 0.6) is 0 Å². The Morgan fingerprint density at radius 3 is 2.46 bits per heavy atom. The van der Waals surface area contributed by atoms with Crippen molar-refractivity contribution in [2.45, 2.75) is 39.0 Å². The van der Waals surface area contributed by atoms with Crippen molar-refractivity contribution in [3.63, 3.8) is 0 Å². The lowest BCUT2D eigenvalue weighted by Gasteiger charge is -2.23. The molecule has 0 saturated carbocycles. The number of halogens is 1. The van der Waals surface area contributed by atoms with Crippen LogP contribution in [0.15, 0.2) is 30.3 Å². The van der Waals surface area contributed by atoms with Gasteiger partial charge in [-0.05, 0) is 26.3 Å². The van der Waals surface area contributed by atoms with Gasteiger partial charge in [0.05, 0.1) is 13.2 Å². The van der Waals surface area contributed by atoms with E-state index in [4.69, 9.17) is 21.1 Å². The van der Waals surface area contributed by atoms with E-state index in [1.807, 2.05) is 30.3 Å². The summed E-state index contributed by atoms with van der Waals surface area (Å²) in [5.74, 6) is -0.0787. The Labute approximate surface area is 147 Å². The van der Waals surface area contributed by atoms with Gasteiger partial charge in [-0.25, -0.2) is 4.79 Å². The lowest BCUT2D eigenvalue weighted by atomic mass is 10.2. The van der Waals surface area contributed by atoms with Gasteiger partial charge in [0.2, 0.25) is 5.91 Å². The second kappa shape index (κ2) is 10.2. The summed E-state index contributed by atoms with van der Waals surface area (Å²) in [4.78, 5) is 24.0. The van der Waals surface area contributed by atoms with E-state index in [9.17, 15) is 9.59 Å². The Morgan fingerprint density at radius 2 is 1.88 bits per heavy atom. The van der Waals surface area contributed by atoms with Gasteiger partial charge in [0.25, 0.3) is 0 Å². The number of nitrogens with one attached hydrogen (secondary N) is 2. The molecule has 1 aromatic rings. The Kier molecular flexibility index (Phi) is 8.57. The zero-order chi connectivity index (χ0) is 18.0. The molecule has 0 aliphatic heterocycles. The number of carbonyl (C=O) groups excluding carboxylic acids is 2. The molecule has 2 amide bonds. The van der Waals surface area contributed by atoms with Gasteiger partial charge in [-0.15, -0.1) is 11.6 Å². The van der Waals surface area contributed by atoms with E-state index in [1.165, 1.54) is 0 Å². The zero-order valence-corrected chi connectivity index (χ0v) is 15.1. The highest BCUT2D eigenvalue weighted by atomic mass is 35.5. The average Bonchev–Trinajstić information content (AvgIpc) is 2.51. The number of hydrogen-bond donors (Lipinski definition) is 2. The van der Waals surface area contributed by atoms with Gasteiger partial charge in [0, 0.05) is 12.4 Å². The van der Waals surface area contributed by atoms with E-state index in [2.05, 4.69) is 10.6 Å². The van der Waals surface area contributed by atoms with Crippen molar-refractivity contribution >= 4 is 23.6 Å². The molecule has 0 spiro atoms. The highest BCUT2D eigenvalue weighted by molar-refractivity contribution is 6.18. The molecule has 1 rings (SSSR count). The monoisotopic (exact) mass is 356 g/mol. The van der Waals surface area contributed by atoms with E-state index < -0.39 is 17.7 Å². The summed E-state index contributed by atoms with van der Waals surface area (Å²) >= 11 is 5.57. The van der Waals surface area contributed by atoms with Crippen LogP contribution in [-0.2, 0) is 20.9 Å². The van der Waals surface area contributed by atoms with Crippen molar-refractivity contribution in [3.05, 3.63) is 35.9 Å². The standard InChI is InChI=1S/C17H25ClN2O4/c1-17(2,3)24-16(22)20-14(15(21)19-10-9-18)12-23-11-13-7-5-4-6-8-13/h4-8,14H,9-12H2,1-3H3,(H,19,21)(H,20,22). The van der Waals surface area contributed by atoms with E-state index in [0.717, 1.165) is 5.56 Å². The molecule has 0 bridgehead atoms. The van der Waals surface area contributed by atoms with Crippen molar-refractivity contribution in [1.82, 2.24) is 10.6 Å². The predicted molar refractivity (Wildman–Crippen MR) is 93.0 cm³/mol. The second-order valence-electron chi connectivity index (χ2n) is 6.18. The van der Waals surface area contributed by atoms with Crippen LogP contribution in [0.25, 0.3) is 0 Å². The maximum Gasteiger partial charge on any atom is 0.408 e. The highest BCUT2D eigenvalue weighted by Crippen LogP contribution is 2.07. The summed E-state index contributed by atoms with van der Waals surface area (Å²) in [7, 11) is 0. The topological polar surface area (TPSA) is 76.7 Å². The maximum absolute atomic E-state index is 12.1. The number of rotatable bonds is 8. The number of alkyl carbamates (subject to hydrolysis) is 1. The summed E-state index contributed by atoms with van der Waals surface area (Å²) in [5.41, 5.74) is 0.335. The minimum absolute atomic E-state index is 0.0300. The van der Waals surface area contributed by atoms with Crippen LogP contribution in [0.4, 0.5) is 4.79 Å². The molecular formula is C17H25ClN2O4. The number of ether oxygens (including phenoxy) is 2. The fourth-order valence-electron chi connectivity index (χ4n) is 1.80. The number of benzene rings is 1. The number of amides is 2. The van der Waals surface area contributed by atoms with Crippen molar-refractivity contribution in [2.24, 2.45) is 0 Å². The van der Waals surface area contributed by atoms with Crippen LogP contribution in [0.2, 0.25) is 0 Å². The number of hydrogen-bond acceptors (Lipinski definition) is 4. The van der Waals surface area contributed by atoms with Crippen molar-refractivity contribution < 1.29 is 19.1 Å². The van der Waals surface area contributed by atoms with Crippen LogP contribution in [0.1, 0.15) is 26.3 Å². The first-order chi connectivity index (χ1) is 11.3. The minimum Gasteiger partial charge on any atom is -0.444 e. The number of alkyl halides is 1. The average molecular weight is 357 g/mol. The van der Waals surface area contributed by atoms with Crippen LogP contribution >= 0.6 is 11.6 Å². The molecule has 1 atom stereocenters. The van der Waals surface area contributed by atoms with Gasteiger partial charge in [-0.3, -0.25) is 4.79 Å². The van der Waals surface area contributed by atoms with Crippen molar-refractivity contribution in [2.75, 3.05) is 19.0 Å². The molecule has 0 aliphatic carbocycles. The molecule has 7 heteroatoms. The molecule has 1 aromatic carbocycles. The molecule has 134 valence electrons. The molecule has 0 fully saturated rings. The summed E-state index contributed by atoms with van der Waals surface area (Å²) < 4.78 is 10.7. The quantitative estimate of drug-likeness (QED) is 0.701. The summed E-state index contributed by atoms with van der Waals surface area (Å²) in [5, 5.41) is 5.16. The zero-order valence-electron chi connectivity index (χ0n) is 14.3. The Morgan fingerprint density at radius 1 is 1.21 bits per heavy atom. The smallest absolute Gasteiger partial charge is 0.408 e.